The smallest absolute Gasteiger partial charge is 0.301 e. The summed E-state index contributed by atoms with van der Waals surface area (Å²) in [6.45, 7) is 2.34. The van der Waals surface area contributed by atoms with E-state index in [9.17, 15) is 20.2 Å². The maximum atomic E-state index is 11.2. The predicted octanol–water partition coefficient (Wildman–Crippen LogP) is 4.50. The first-order valence-electron chi connectivity index (χ1n) is 8.37. The summed E-state index contributed by atoms with van der Waals surface area (Å²) in [7, 11) is 0. The fourth-order valence-corrected chi connectivity index (χ4v) is 2.74. The molecule has 1 N–H and O–H groups in total. The maximum absolute atomic E-state index is 11.2. The van der Waals surface area contributed by atoms with Gasteiger partial charge in [0.1, 0.15) is 11.4 Å². The van der Waals surface area contributed by atoms with Crippen molar-refractivity contribution in [1.29, 1.82) is 0 Å². The molecule has 0 radical (unpaired) electrons. The summed E-state index contributed by atoms with van der Waals surface area (Å²) in [6.07, 6.45) is 1.51. The van der Waals surface area contributed by atoms with Crippen LogP contribution in [-0.2, 0) is 0 Å². The zero-order chi connectivity index (χ0) is 20.1. The Morgan fingerprint density at radius 3 is 2.57 bits per heavy atom. The Morgan fingerprint density at radius 1 is 1.07 bits per heavy atom. The number of nitrogens with one attached hydrogen (secondary N) is 1. The highest BCUT2D eigenvalue weighted by atomic mass is 16.6. The molecule has 0 bridgehead atoms. The van der Waals surface area contributed by atoms with Gasteiger partial charge in [0, 0.05) is 11.6 Å². The molecule has 0 heterocycles. The highest BCUT2D eigenvalue weighted by Crippen LogP contribution is 2.30. The Balaban J connectivity index is 1.96. The number of hydrazone groups is 1. The van der Waals surface area contributed by atoms with Gasteiger partial charge in [-0.3, -0.25) is 25.7 Å². The minimum absolute atomic E-state index is 0.0463. The van der Waals surface area contributed by atoms with Crippen molar-refractivity contribution in [3.63, 3.8) is 0 Å². The largest absolute Gasteiger partial charge is 0.493 e. The van der Waals surface area contributed by atoms with Gasteiger partial charge < -0.3 is 4.74 Å². The van der Waals surface area contributed by atoms with Crippen molar-refractivity contribution in [1.82, 2.24) is 0 Å². The van der Waals surface area contributed by atoms with Crippen LogP contribution < -0.4 is 10.2 Å². The van der Waals surface area contributed by atoms with Gasteiger partial charge in [-0.15, -0.1) is 0 Å². The zero-order valence-corrected chi connectivity index (χ0v) is 14.9. The zero-order valence-electron chi connectivity index (χ0n) is 14.9. The monoisotopic (exact) mass is 380 g/mol. The van der Waals surface area contributed by atoms with E-state index in [1.165, 1.54) is 18.3 Å². The number of non-ortho nitro benzene ring substituents is 1. The number of nitrogens with zero attached hydrogens (tertiary/aromatic N) is 3. The van der Waals surface area contributed by atoms with Gasteiger partial charge in [-0.2, -0.15) is 5.10 Å². The SMILES string of the molecule is CCOc1ccc2ccccc2c1C=NNc1ccc([N+](=O)[O-])cc1[N+](=O)[O-]. The highest BCUT2D eigenvalue weighted by Gasteiger charge is 2.19. The van der Waals surface area contributed by atoms with Crippen LogP contribution in [0.25, 0.3) is 10.8 Å². The van der Waals surface area contributed by atoms with Crippen LogP contribution in [-0.4, -0.2) is 22.7 Å². The van der Waals surface area contributed by atoms with Crippen molar-refractivity contribution < 1.29 is 14.6 Å². The van der Waals surface area contributed by atoms with E-state index < -0.39 is 15.5 Å². The van der Waals surface area contributed by atoms with E-state index in [-0.39, 0.29) is 11.4 Å². The Kier molecular flexibility index (Phi) is 5.45. The topological polar surface area (TPSA) is 120 Å². The van der Waals surface area contributed by atoms with Crippen LogP contribution in [0.4, 0.5) is 17.1 Å². The molecular weight excluding hydrogens is 364 g/mol. The van der Waals surface area contributed by atoms with Crippen LogP contribution in [0.3, 0.4) is 0 Å². The highest BCUT2D eigenvalue weighted by molar-refractivity contribution is 6.02. The van der Waals surface area contributed by atoms with E-state index in [4.69, 9.17) is 4.74 Å². The lowest BCUT2D eigenvalue weighted by Crippen LogP contribution is -2.00. The minimum atomic E-state index is -0.700. The van der Waals surface area contributed by atoms with Gasteiger partial charge in [-0.25, -0.2) is 0 Å². The van der Waals surface area contributed by atoms with Gasteiger partial charge in [-0.05, 0) is 29.8 Å². The molecule has 0 fully saturated rings. The number of rotatable bonds is 7. The molecule has 3 aromatic rings. The van der Waals surface area contributed by atoms with Gasteiger partial charge >= 0.3 is 5.69 Å². The first kappa shape index (κ1) is 18.8. The second kappa shape index (κ2) is 8.12. The first-order chi connectivity index (χ1) is 13.5. The molecule has 0 saturated carbocycles. The molecule has 9 nitrogen and oxygen atoms in total. The summed E-state index contributed by atoms with van der Waals surface area (Å²) in [5.41, 5.74) is 2.56. The van der Waals surface area contributed by atoms with Gasteiger partial charge in [0.25, 0.3) is 5.69 Å². The number of anilines is 1. The summed E-state index contributed by atoms with van der Waals surface area (Å²) >= 11 is 0. The van der Waals surface area contributed by atoms with Crippen molar-refractivity contribution in [3.05, 3.63) is 80.4 Å². The summed E-state index contributed by atoms with van der Waals surface area (Å²) in [5, 5.41) is 28.0. The molecule has 28 heavy (non-hydrogen) atoms. The third-order valence-electron chi connectivity index (χ3n) is 4.00. The van der Waals surface area contributed by atoms with Crippen LogP contribution in [0.2, 0.25) is 0 Å². The lowest BCUT2D eigenvalue weighted by atomic mass is 10.0. The molecule has 0 spiro atoms. The second-order valence-electron chi connectivity index (χ2n) is 5.72. The summed E-state index contributed by atoms with van der Waals surface area (Å²) in [4.78, 5) is 20.7. The van der Waals surface area contributed by atoms with Crippen LogP contribution >= 0.6 is 0 Å². The fourth-order valence-electron chi connectivity index (χ4n) is 2.74. The molecule has 0 atom stereocenters. The van der Waals surface area contributed by atoms with E-state index >= 15 is 0 Å². The number of hydrogen-bond donors (Lipinski definition) is 1. The predicted molar refractivity (Wildman–Crippen MR) is 106 cm³/mol. The van der Waals surface area contributed by atoms with Crippen LogP contribution in [0.5, 0.6) is 5.75 Å². The van der Waals surface area contributed by atoms with E-state index in [1.807, 2.05) is 43.3 Å². The van der Waals surface area contributed by atoms with Gasteiger partial charge in [0.15, 0.2) is 0 Å². The van der Waals surface area contributed by atoms with Crippen molar-refractivity contribution in [2.24, 2.45) is 5.10 Å². The second-order valence-corrected chi connectivity index (χ2v) is 5.72. The number of benzene rings is 3. The molecule has 0 aliphatic rings. The van der Waals surface area contributed by atoms with E-state index in [1.54, 1.807) is 0 Å². The third kappa shape index (κ3) is 3.88. The van der Waals surface area contributed by atoms with Crippen LogP contribution in [0, 0.1) is 20.2 Å². The third-order valence-corrected chi connectivity index (χ3v) is 4.00. The van der Waals surface area contributed by atoms with Crippen LogP contribution in [0.1, 0.15) is 12.5 Å². The number of ether oxygens (including phenoxy) is 1. The Morgan fingerprint density at radius 2 is 1.86 bits per heavy atom. The number of fused-ring (bicyclic) bond motifs is 1. The van der Waals surface area contributed by atoms with Gasteiger partial charge in [0.05, 0.1) is 28.7 Å². The molecule has 0 unspecified atom stereocenters. The summed E-state index contributed by atoms with van der Waals surface area (Å²) in [5.74, 6) is 0.630. The Hall–Kier alpha value is -4.01. The minimum Gasteiger partial charge on any atom is -0.493 e. The maximum Gasteiger partial charge on any atom is 0.301 e. The molecule has 0 amide bonds. The molecule has 9 heteroatoms. The summed E-state index contributed by atoms with van der Waals surface area (Å²) in [6, 6.07) is 14.8. The average Bonchev–Trinajstić information content (AvgIpc) is 2.69. The Labute approximate surface area is 159 Å². The molecule has 3 aromatic carbocycles. The number of hydrogen-bond acceptors (Lipinski definition) is 7. The normalized spacial score (nSPS) is 10.9. The van der Waals surface area contributed by atoms with E-state index in [0.717, 1.165) is 22.4 Å². The average molecular weight is 380 g/mol. The van der Waals surface area contributed by atoms with E-state index in [2.05, 4.69) is 10.5 Å². The standard InChI is InChI=1S/C19H16N4O5/c1-2-28-19-10-7-13-5-3-4-6-15(13)16(19)12-20-21-17-9-8-14(22(24)25)11-18(17)23(26)27/h3-12,21H,2H2,1H3. The van der Waals surface area contributed by atoms with Crippen molar-refractivity contribution in [2.75, 3.05) is 12.0 Å². The van der Waals surface area contributed by atoms with Crippen LogP contribution in [0.15, 0.2) is 59.7 Å². The first-order valence-corrected chi connectivity index (χ1v) is 8.37. The molecule has 0 aliphatic heterocycles. The fraction of sp³-hybridized carbons (Fsp3) is 0.105. The molecule has 0 saturated heterocycles. The molecule has 3 rings (SSSR count). The molecular formula is C19H16N4O5. The van der Waals surface area contributed by atoms with Gasteiger partial charge in [0.2, 0.25) is 0 Å². The molecule has 0 aromatic heterocycles. The van der Waals surface area contributed by atoms with Gasteiger partial charge in [-0.1, -0.05) is 30.3 Å². The van der Waals surface area contributed by atoms with Crippen molar-refractivity contribution >= 4 is 34.0 Å². The lowest BCUT2D eigenvalue weighted by molar-refractivity contribution is -0.393. The van der Waals surface area contributed by atoms with Crippen molar-refractivity contribution in [3.8, 4) is 5.75 Å². The quantitative estimate of drug-likeness (QED) is 0.366. The van der Waals surface area contributed by atoms with Crippen molar-refractivity contribution in [2.45, 2.75) is 6.92 Å². The number of nitro groups is 2. The van der Waals surface area contributed by atoms with E-state index in [0.29, 0.717) is 12.4 Å². The summed E-state index contributed by atoms with van der Waals surface area (Å²) < 4.78 is 5.65. The lowest BCUT2D eigenvalue weighted by Gasteiger charge is -2.10. The molecule has 142 valence electrons. The molecule has 0 aliphatic carbocycles. The number of nitro benzene ring substituents is 2. The Bertz CT molecular complexity index is 1080.